The number of thiazole rings is 1. The highest BCUT2D eigenvalue weighted by Gasteiger charge is 2.25. The molecule has 1 atom stereocenters. The number of nitrogens with zero attached hydrogens (tertiary/aromatic N) is 2. The van der Waals surface area contributed by atoms with Gasteiger partial charge in [0.25, 0.3) is 0 Å². The SMILES string of the molecule is Cc1ncsc1CN1CCNCC1C(C)C. The summed E-state index contributed by atoms with van der Waals surface area (Å²) in [5.74, 6) is 0.709. The van der Waals surface area contributed by atoms with Crippen molar-refractivity contribution in [3.05, 3.63) is 16.1 Å². The summed E-state index contributed by atoms with van der Waals surface area (Å²) in [7, 11) is 0. The van der Waals surface area contributed by atoms with Crippen molar-refractivity contribution in [3.8, 4) is 0 Å². The molecule has 2 heterocycles. The van der Waals surface area contributed by atoms with Gasteiger partial charge in [0.2, 0.25) is 0 Å². The predicted molar refractivity (Wildman–Crippen MR) is 68.8 cm³/mol. The highest BCUT2D eigenvalue weighted by Crippen LogP contribution is 2.20. The van der Waals surface area contributed by atoms with Gasteiger partial charge in [-0.05, 0) is 12.8 Å². The molecule has 1 N–H and O–H groups in total. The molecule has 0 aromatic carbocycles. The lowest BCUT2D eigenvalue weighted by molar-refractivity contribution is 0.118. The van der Waals surface area contributed by atoms with Crippen LogP contribution in [0, 0.1) is 12.8 Å². The van der Waals surface area contributed by atoms with Gasteiger partial charge in [-0.1, -0.05) is 13.8 Å². The van der Waals surface area contributed by atoms with E-state index in [0.29, 0.717) is 12.0 Å². The second-order valence-corrected chi connectivity index (χ2v) is 5.79. The number of nitrogens with one attached hydrogen (secondary N) is 1. The molecule has 1 fully saturated rings. The molecule has 3 nitrogen and oxygen atoms in total. The van der Waals surface area contributed by atoms with E-state index in [0.717, 1.165) is 26.2 Å². The van der Waals surface area contributed by atoms with E-state index < -0.39 is 0 Å². The van der Waals surface area contributed by atoms with Gasteiger partial charge in [-0.25, -0.2) is 4.98 Å². The Morgan fingerprint density at radius 2 is 2.44 bits per heavy atom. The van der Waals surface area contributed by atoms with Crippen LogP contribution in [0.5, 0.6) is 0 Å². The van der Waals surface area contributed by atoms with Crippen molar-refractivity contribution < 1.29 is 0 Å². The minimum absolute atomic E-state index is 0.662. The van der Waals surface area contributed by atoms with Crippen molar-refractivity contribution in [3.63, 3.8) is 0 Å². The number of hydrogen-bond acceptors (Lipinski definition) is 4. The molecule has 0 spiro atoms. The van der Waals surface area contributed by atoms with Gasteiger partial charge in [-0.2, -0.15) is 0 Å². The molecule has 0 bridgehead atoms. The molecule has 0 saturated carbocycles. The van der Waals surface area contributed by atoms with Crippen LogP contribution in [0.1, 0.15) is 24.4 Å². The van der Waals surface area contributed by atoms with Crippen LogP contribution < -0.4 is 5.32 Å². The van der Waals surface area contributed by atoms with Crippen molar-refractivity contribution in [1.82, 2.24) is 15.2 Å². The lowest BCUT2D eigenvalue weighted by Crippen LogP contribution is -2.52. The summed E-state index contributed by atoms with van der Waals surface area (Å²) in [6, 6.07) is 0.662. The van der Waals surface area contributed by atoms with Crippen LogP contribution in [0.25, 0.3) is 0 Å². The lowest BCUT2D eigenvalue weighted by atomic mass is 10.0. The quantitative estimate of drug-likeness (QED) is 0.873. The first kappa shape index (κ1) is 12.0. The summed E-state index contributed by atoms with van der Waals surface area (Å²) < 4.78 is 0. The van der Waals surface area contributed by atoms with Gasteiger partial charge < -0.3 is 5.32 Å². The third-order valence-electron chi connectivity index (χ3n) is 3.36. The Labute approximate surface area is 102 Å². The zero-order valence-corrected chi connectivity index (χ0v) is 11.2. The van der Waals surface area contributed by atoms with Crippen LogP contribution >= 0.6 is 11.3 Å². The summed E-state index contributed by atoms with van der Waals surface area (Å²) in [6.45, 7) is 11.2. The van der Waals surface area contributed by atoms with Gasteiger partial charge in [-0.3, -0.25) is 4.90 Å². The van der Waals surface area contributed by atoms with Crippen LogP contribution in [-0.4, -0.2) is 35.6 Å². The summed E-state index contributed by atoms with van der Waals surface area (Å²) in [5.41, 5.74) is 3.16. The average Bonchev–Trinajstić information content (AvgIpc) is 2.65. The molecule has 0 aliphatic carbocycles. The smallest absolute Gasteiger partial charge is 0.0798 e. The van der Waals surface area contributed by atoms with Gasteiger partial charge in [0.1, 0.15) is 0 Å². The molecule has 1 unspecified atom stereocenters. The molecular formula is C12H21N3S. The van der Waals surface area contributed by atoms with E-state index in [9.17, 15) is 0 Å². The molecule has 90 valence electrons. The number of piperazine rings is 1. The number of aryl methyl sites for hydroxylation is 1. The zero-order chi connectivity index (χ0) is 11.5. The Hall–Kier alpha value is -0.450. The third kappa shape index (κ3) is 2.62. The molecule has 0 amide bonds. The lowest BCUT2D eigenvalue weighted by Gasteiger charge is -2.38. The van der Waals surface area contributed by atoms with Crippen LogP contribution in [0.2, 0.25) is 0 Å². The van der Waals surface area contributed by atoms with E-state index in [1.165, 1.54) is 10.6 Å². The number of hydrogen-bond donors (Lipinski definition) is 1. The third-order valence-corrected chi connectivity index (χ3v) is 4.28. The first-order valence-electron chi connectivity index (χ1n) is 6.02. The Morgan fingerprint density at radius 1 is 1.62 bits per heavy atom. The normalized spacial score (nSPS) is 22.9. The number of aromatic nitrogens is 1. The maximum absolute atomic E-state index is 4.33. The Bertz CT molecular complexity index is 335. The summed E-state index contributed by atoms with van der Waals surface area (Å²) in [4.78, 5) is 8.35. The minimum Gasteiger partial charge on any atom is -0.314 e. The molecule has 16 heavy (non-hydrogen) atoms. The average molecular weight is 239 g/mol. The van der Waals surface area contributed by atoms with E-state index in [1.807, 2.05) is 5.51 Å². The van der Waals surface area contributed by atoms with Gasteiger partial charge in [0.15, 0.2) is 0 Å². The van der Waals surface area contributed by atoms with Crippen molar-refractivity contribution in [2.75, 3.05) is 19.6 Å². The van der Waals surface area contributed by atoms with Crippen LogP contribution in [0.3, 0.4) is 0 Å². The van der Waals surface area contributed by atoms with Crippen molar-refractivity contribution in [2.45, 2.75) is 33.4 Å². The van der Waals surface area contributed by atoms with E-state index in [1.54, 1.807) is 11.3 Å². The van der Waals surface area contributed by atoms with Crippen molar-refractivity contribution in [1.29, 1.82) is 0 Å². The zero-order valence-electron chi connectivity index (χ0n) is 10.4. The standard InChI is InChI=1S/C12H21N3S/c1-9(2)11-6-13-4-5-15(11)7-12-10(3)14-8-16-12/h8-9,11,13H,4-7H2,1-3H3. The van der Waals surface area contributed by atoms with Crippen LogP contribution in [0.4, 0.5) is 0 Å². The van der Waals surface area contributed by atoms with Crippen LogP contribution in [0.15, 0.2) is 5.51 Å². The van der Waals surface area contributed by atoms with E-state index in [-0.39, 0.29) is 0 Å². The maximum Gasteiger partial charge on any atom is 0.0798 e. The highest BCUT2D eigenvalue weighted by atomic mass is 32.1. The molecule has 2 rings (SSSR count). The van der Waals surface area contributed by atoms with Crippen LogP contribution in [-0.2, 0) is 6.54 Å². The summed E-state index contributed by atoms with van der Waals surface area (Å²) in [6.07, 6.45) is 0. The fourth-order valence-corrected chi connectivity index (χ4v) is 3.09. The molecule has 1 aliphatic heterocycles. The van der Waals surface area contributed by atoms with Gasteiger partial charge >= 0.3 is 0 Å². The van der Waals surface area contributed by atoms with E-state index in [4.69, 9.17) is 0 Å². The first-order chi connectivity index (χ1) is 7.68. The number of rotatable bonds is 3. The summed E-state index contributed by atoms with van der Waals surface area (Å²) in [5, 5.41) is 3.49. The molecule has 4 heteroatoms. The molecular weight excluding hydrogens is 218 g/mol. The maximum atomic E-state index is 4.33. The van der Waals surface area contributed by atoms with E-state index >= 15 is 0 Å². The molecule has 1 saturated heterocycles. The first-order valence-corrected chi connectivity index (χ1v) is 6.90. The second-order valence-electron chi connectivity index (χ2n) is 4.85. The van der Waals surface area contributed by atoms with Crippen molar-refractivity contribution >= 4 is 11.3 Å². The molecule has 1 aromatic heterocycles. The Morgan fingerprint density at radius 3 is 3.06 bits per heavy atom. The van der Waals surface area contributed by atoms with E-state index in [2.05, 4.69) is 36.0 Å². The second kappa shape index (κ2) is 5.25. The molecule has 1 aliphatic rings. The monoisotopic (exact) mass is 239 g/mol. The van der Waals surface area contributed by atoms with Gasteiger partial charge in [0, 0.05) is 37.1 Å². The fourth-order valence-electron chi connectivity index (χ4n) is 2.28. The Kier molecular flexibility index (Phi) is 3.95. The Balaban J connectivity index is 2.04. The summed E-state index contributed by atoms with van der Waals surface area (Å²) >= 11 is 1.78. The van der Waals surface area contributed by atoms with Gasteiger partial charge in [0.05, 0.1) is 11.2 Å². The highest BCUT2D eigenvalue weighted by molar-refractivity contribution is 7.09. The fraction of sp³-hybridized carbons (Fsp3) is 0.750. The topological polar surface area (TPSA) is 28.2 Å². The minimum atomic E-state index is 0.662. The molecule has 1 aromatic rings. The van der Waals surface area contributed by atoms with Crippen molar-refractivity contribution in [2.24, 2.45) is 5.92 Å². The predicted octanol–water partition coefficient (Wildman–Crippen LogP) is 1.88. The van der Waals surface area contributed by atoms with Gasteiger partial charge in [-0.15, -0.1) is 11.3 Å². The molecule has 0 radical (unpaired) electrons. The largest absolute Gasteiger partial charge is 0.314 e.